The first kappa shape index (κ1) is 23.9. The maximum atomic E-state index is 9.16. The first-order chi connectivity index (χ1) is 14.5. The van der Waals surface area contributed by atoms with Gasteiger partial charge in [-0.05, 0) is 43.7 Å². The fourth-order valence-electron chi connectivity index (χ4n) is 3.25. The van der Waals surface area contributed by atoms with Crippen LogP contribution in [0.3, 0.4) is 0 Å². The molecule has 0 saturated carbocycles. The van der Waals surface area contributed by atoms with Crippen molar-refractivity contribution in [2.45, 2.75) is 72.3 Å². The molecular formula is C23H37N5O2. The Labute approximate surface area is 180 Å². The van der Waals surface area contributed by atoms with Crippen molar-refractivity contribution in [3.8, 4) is 17.1 Å². The van der Waals surface area contributed by atoms with Crippen LogP contribution in [0.5, 0.6) is 5.88 Å². The SMILES string of the molecule is CCc1nc(NC(CC)CC)c(OC)nc1-c1ccc(C(C)C)nc1NCCCO. The van der Waals surface area contributed by atoms with Gasteiger partial charge in [-0.25, -0.2) is 15.0 Å². The molecule has 2 aromatic heterocycles. The first-order valence-electron chi connectivity index (χ1n) is 11.1. The van der Waals surface area contributed by atoms with Gasteiger partial charge in [0.15, 0.2) is 5.82 Å². The predicted molar refractivity (Wildman–Crippen MR) is 123 cm³/mol. The second-order valence-electron chi connectivity index (χ2n) is 7.68. The van der Waals surface area contributed by atoms with E-state index in [4.69, 9.17) is 24.8 Å². The number of hydrogen-bond acceptors (Lipinski definition) is 7. The Morgan fingerprint density at radius 2 is 1.77 bits per heavy atom. The molecule has 0 fully saturated rings. The highest BCUT2D eigenvalue weighted by atomic mass is 16.5. The van der Waals surface area contributed by atoms with Crippen LogP contribution < -0.4 is 15.4 Å². The third kappa shape index (κ3) is 5.81. The van der Waals surface area contributed by atoms with Crippen LogP contribution >= 0.6 is 0 Å². The van der Waals surface area contributed by atoms with E-state index in [0.29, 0.717) is 36.6 Å². The van der Waals surface area contributed by atoms with Crippen LogP contribution in [0.4, 0.5) is 11.6 Å². The molecule has 7 heteroatoms. The smallest absolute Gasteiger partial charge is 0.257 e. The Bertz CT molecular complexity index is 806. The van der Waals surface area contributed by atoms with E-state index in [1.54, 1.807) is 7.11 Å². The molecule has 0 aliphatic heterocycles. The fraction of sp³-hybridized carbons (Fsp3) is 0.609. The first-order valence-corrected chi connectivity index (χ1v) is 11.1. The van der Waals surface area contributed by atoms with Gasteiger partial charge in [0.05, 0.1) is 18.5 Å². The summed E-state index contributed by atoms with van der Waals surface area (Å²) in [6.07, 6.45) is 3.40. The van der Waals surface area contributed by atoms with Crippen LogP contribution in [0.15, 0.2) is 12.1 Å². The summed E-state index contributed by atoms with van der Waals surface area (Å²) in [6.45, 7) is 11.4. The van der Waals surface area contributed by atoms with Gasteiger partial charge >= 0.3 is 0 Å². The maximum absolute atomic E-state index is 9.16. The van der Waals surface area contributed by atoms with Gasteiger partial charge in [0, 0.05) is 30.5 Å². The molecule has 3 N–H and O–H groups in total. The van der Waals surface area contributed by atoms with Gasteiger partial charge in [-0.15, -0.1) is 0 Å². The third-order valence-electron chi connectivity index (χ3n) is 5.18. The molecule has 0 aliphatic carbocycles. The fourth-order valence-corrected chi connectivity index (χ4v) is 3.25. The number of aryl methyl sites for hydroxylation is 1. The molecule has 2 heterocycles. The quantitative estimate of drug-likeness (QED) is 0.435. The van der Waals surface area contributed by atoms with E-state index in [1.165, 1.54) is 0 Å². The molecule has 166 valence electrons. The maximum Gasteiger partial charge on any atom is 0.257 e. The number of anilines is 2. The lowest BCUT2D eigenvalue weighted by Crippen LogP contribution is -2.19. The van der Waals surface area contributed by atoms with Gasteiger partial charge in [-0.3, -0.25) is 0 Å². The van der Waals surface area contributed by atoms with E-state index in [0.717, 1.165) is 47.7 Å². The second kappa shape index (κ2) is 11.7. The molecule has 7 nitrogen and oxygen atoms in total. The number of methoxy groups -OCH3 is 1. The standard InChI is InChI=1S/C23H37N5O2/c1-7-16(8-2)25-22-23(30-6)28-20(18(9-3)26-22)17-11-12-19(15(4)5)27-21(17)24-13-10-14-29/h11-12,15-16,29H,7-10,13-14H2,1-6H3,(H,24,27)(H,25,26). The lowest BCUT2D eigenvalue weighted by atomic mass is 10.0. The topological polar surface area (TPSA) is 92.2 Å². The lowest BCUT2D eigenvalue weighted by molar-refractivity contribution is 0.292. The molecule has 0 saturated heterocycles. The van der Waals surface area contributed by atoms with E-state index < -0.39 is 0 Å². The minimum absolute atomic E-state index is 0.135. The Balaban J connectivity index is 2.55. The van der Waals surface area contributed by atoms with E-state index in [9.17, 15) is 0 Å². The van der Waals surface area contributed by atoms with Crippen molar-refractivity contribution in [2.24, 2.45) is 0 Å². The van der Waals surface area contributed by atoms with Crippen molar-refractivity contribution in [3.05, 3.63) is 23.5 Å². The van der Waals surface area contributed by atoms with E-state index >= 15 is 0 Å². The van der Waals surface area contributed by atoms with Crippen LogP contribution in [-0.2, 0) is 6.42 Å². The largest absolute Gasteiger partial charge is 0.478 e. The summed E-state index contributed by atoms with van der Waals surface area (Å²) in [5, 5.41) is 16.0. The van der Waals surface area contributed by atoms with Crippen LogP contribution in [0, 0.1) is 0 Å². The Hall–Kier alpha value is -2.41. The van der Waals surface area contributed by atoms with Gasteiger partial charge in [-0.1, -0.05) is 34.6 Å². The van der Waals surface area contributed by atoms with E-state index in [1.807, 2.05) is 6.07 Å². The van der Waals surface area contributed by atoms with Gasteiger partial charge in [-0.2, -0.15) is 0 Å². The average molecular weight is 416 g/mol. The molecule has 0 bridgehead atoms. The van der Waals surface area contributed by atoms with Crippen molar-refractivity contribution in [1.82, 2.24) is 15.0 Å². The van der Waals surface area contributed by atoms with Crippen LogP contribution in [0.1, 0.15) is 71.2 Å². The highest BCUT2D eigenvalue weighted by Crippen LogP contribution is 2.33. The monoisotopic (exact) mass is 415 g/mol. The Kier molecular flexibility index (Phi) is 9.30. The zero-order chi connectivity index (χ0) is 22.1. The van der Waals surface area contributed by atoms with Crippen LogP contribution in [-0.4, -0.2) is 46.4 Å². The number of hydrogen-bond donors (Lipinski definition) is 3. The van der Waals surface area contributed by atoms with E-state index in [2.05, 4.69) is 51.3 Å². The summed E-state index contributed by atoms with van der Waals surface area (Å²) in [7, 11) is 1.62. The summed E-state index contributed by atoms with van der Waals surface area (Å²) in [5.41, 5.74) is 3.58. The minimum Gasteiger partial charge on any atom is -0.478 e. The molecule has 2 aromatic rings. The average Bonchev–Trinajstić information content (AvgIpc) is 2.77. The van der Waals surface area contributed by atoms with Crippen LogP contribution in [0.25, 0.3) is 11.3 Å². The number of aliphatic hydroxyl groups is 1. The number of aromatic nitrogens is 3. The number of pyridine rings is 1. The predicted octanol–water partition coefficient (Wildman–Crippen LogP) is 4.63. The number of nitrogens with zero attached hydrogens (tertiary/aromatic N) is 3. The molecule has 30 heavy (non-hydrogen) atoms. The lowest BCUT2D eigenvalue weighted by Gasteiger charge is -2.20. The summed E-state index contributed by atoms with van der Waals surface area (Å²) in [6, 6.07) is 4.42. The molecule has 0 aromatic carbocycles. The van der Waals surface area contributed by atoms with Gasteiger partial charge in [0.2, 0.25) is 0 Å². The van der Waals surface area contributed by atoms with Crippen molar-refractivity contribution < 1.29 is 9.84 Å². The number of aliphatic hydroxyl groups excluding tert-OH is 1. The normalized spacial score (nSPS) is 11.2. The molecule has 0 unspecified atom stereocenters. The summed E-state index contributed by atoms with van der Waals surface area (Å²) >= 11 is 0. The van der Waals surface area contributed by atoms with E-state index in [-0.39, 0.29) is 6.61 Å². The van der Waals surface area contributed by atoms with Gasteiger partial charge < -0.3 is 20.5 Å². The molecule has 2 rings (SSSR count). The zero-order valence-corrected chi connectivity index (χ0v) is 19.2. The number of nitrogens with one attached hydrogen (secondary N) is 2. The van der Waals surface area contributed by atoms with Crippen molar-refractivity contribution in [2.75, 3.05) is 30.9 Å². The molecule has 0 spiro atoms. The Morgan fingerprint density at radius 1 is 1.03 bits per heavy atom. The Morgan fingerprint density at radius 3 is 2.33 bits per heavy atom. The summed E-state index contributed by atoms with van der Waals surface area (Å²) in [4.78, 5) is 14.5. The molecule has 0 amide bonds. The van der Waals surface area contributed by atoms with Crippen molar-refractivity contribution in [1.29, 1.82) is 0 Å². The van der Waals surface area contributed by atoms with Crippen LogP contribution in [0.2, 0.25) is 0 Å². The van der Waals surface area contributed by atoms with Crippen molar-refractivity contribution in [3.63, 3.8) is 0 Å². The van der Waals surface area contributed by atoms with Crippen molar-refractivity contribution >= 4 is 11.6 Å². The highest BCUT2D eigenvalue weighted by Gasteiger charge is 2.20. The second-order valence-corrected chi connectivity index (χ2v) is 7.68. The molecular weight excluding hydrogens is 378 g/mol. The number of ether oxygens (including phenoxy) is 1. The molecule has 0 radical (unpaired) electrons. The summed E-state index contributed by atoms with van der Waals surface area (Å²) in [5.74, 6) is 2.26. The third-order valence-corrected chi connectivity index (χ3v) is 5.18. The summed E-state index contributed by atoms with van der Waals surface area (Å²) < 4.78 is 5.59. The molecule has 0 atom stereocenters. The molecule has 0 aliphatic rings. The van der Waals surface area contributed by atoms with Gasteiger partial charge in [0.1, 0.15) is 5.82 Å². The minimum atomic E-state index is 0.135. The number of rotatable bonds is 12. The zero-order valence-electron chi connectivity index (χ0n) is 19.2. The van der Waals surface area contributed by atoms with Gasteiger partial charge in [0.25, 0.3) is 5.88 Å². The highest BCUT2D eigenvalue weighted by molar-refractivity contribution is 5.75.